The van der Waals surface area contributed by atoms with Gasteiger partial charge < -0.3 is 19.3 Å². The summed E-state index contributed by atoms with van der Waals surface area (Å²) in [5.41, 5.74) is 0.275. The maximum Gasteiger partial charge on any atom is 0.314 e. The minimum atomic E-state index is -0.685. The standard InChI is InChI=1S/C17H26O5/c1-3-17(2,13-21-14-20-11-7-10-18)16(19)22-12-15-8-5-4-6-9-15/h4-6,8-9,18H,3,7,10-14H2,1-2H3. The van der Waals surface area contributed by atoms with Gasteiger partial charge in [0.1, 0.15) is 13.4 Å². The van der Waals surface area contributed by atoms with Crippen molar-refractivity contribution in [3.8, 4) is 0 Å². The van der Waals surface area contributed by atoms with Crippen LogP contribution in [0.15, 0.2) is 30.3 Å². The lowest BCUT2D eigenvalue weighted by Crippen LogP contribution is -2.34. The van der Waals surface area contributed by atoms with Crippen LogP contribution >= 0.6 is 0 Å². The number of aliphatic hydroxyl groups excluding tert-OH is 1. The number of hydrogen-bond donors (Lipinski definition) is 1. The van der Waals surface area contributed by atoms with Crippen LogP contribution in [0.2, 0.25) is 0 Å². The molecule has 0 aliphatic rings. The fourth-order valence-electron chi connectivity index (χ4n) is 1.75. The van der Waals surface area contributed by atoms with Crippen LogP contribution in [0.25, 0.3) is 0 Å². The highest BCUT2D eigenvalue weighted by molar-refractivity contribution is 5.76. The van der Waals surface area contributed by atoms with Crippen molar-refractivity contribution in [2.45, 2.75) is 33.3 Å². The van der Waals surface area contributed by atoms with Gasteiger partial charge in [-0.3, -0.25) is 4.79 Å². The Bertz CT molecular complexity index is 420. The van der Waals surface area contributed by atoms with Crippen LogP contribution in [0.3, 0.4) is 0 Å². The van der Waals surface area contributed by atoms with Gasteiger partial charge in [-0.15, -0.1) is 0 Å². The molecule has 5 nitrogen and oxygen atoms in total. The molecule has 1 unspecified atom stereocenters. The molecule has 0 saturated carbocycles. The maximum atomic E-state index is 12.3. The highest BCUT2D eigenvalue weighted by Gasteiger charge is 2.33. The fraction of sp³-hybridized carbons (Fsp3) is 0.588. The van der Waals surface area contributed by atoms with E-state index >= 15 is 0 Å². The third kappa shape index (κ3) is 6.56. The third-order valence-corrected chi connectivity index (χ3v) is 3.52. The second-order valence-corrected chi connectivity index (χ2v) is 5.43. The van der Waals surface area contributed by atoms with Gasteiger partial charge in [0.05, 0.1) is 18.6 Å². The van der Waals surface area contributed by atoms with Gasteiger partial charge in [-0.2, -0.15) is 0 Å². The fourth-order valence-corrected chi connectivity index (χ4v) is 1.75. The van der Waals surface area contributed by atoms with Crippen molar-refractivity contribution in [2.75, 3.05) is 26.6 Å². The van der Waals surface area contributed by atoms with E-state index in [4.69, 9.17) is 19.3 Å². The van der Waals surface area contributed by atoms with E-state index in [0.29, 0.717) is 19.4 Å². The number of carbonyl (C=O) groups excluding carboxylic acids is 1. The largest absolute Gasteiger partial charge is 0.460 e. The topological polar surface area (TPSA) is 65.0 Å². The van der Waals surface area contributed by atoms with Crippen molar-refractivity contribution in [3.05, 3.63) is 35.9 Å². The Morgan fingerprint density at radius 2 is 1.95 bits per heavy atom. The molecular formula is C17H26O5. The van der Waals surface area contributed by atoms with E-state index in [0.717, 1.165) is 5.56 Å². The smallest absolute Gasteiger partial charge is 0.314 e. The van der Waals surface area contributed by atoms with E-state index in [-0.39, 0.29) is 32.6 Å². The van der Waals surface area contributed by atoms with E-state index in [9.17, 15) is 4.79 Å². The highest BCUT2D eigenvalue weighted by atomic mass is 16.7. The molecule has 0 saturated heterocycles. The van der Waals surface area contributed by atoms with Gasteiger partial charge in [0.15, 0.2) is 0 Å². The molecule has 124 valence electrons. The molecule has 0 fully saturated rings. The first-order chi connectivity index (χ1) is 10.6. The molecule has 0 radical (unpaired) electrons. The predicted molar refractivity (Wildman–Crippen MR) is 83.1 cm³/mol. The molecule has 0 heterocycles. The molecular weight excluding hydrogens is 284 g/mol. The molecule has 1 N–H and O–H groups in total. The van der Waals surface area contributed by atoms with E-state index in [1.54, 1.807) is 0 Å². The summed E-state index contributed by atoms with van der Waals surface area (Å²) in [4.78, 5) is 12.3. The Balaban J connectivity index is 2.34. The van der Waals surface area contributed by atoms with Gasteiger partial charge in [-0.1, -0.05) is 37.3 Å². The van der Waals surface area contributed by atoms with Gasteiger partial charge in [0.25, 0.3) is 0 Å². The molecule has 1 aromatic carbocycles. The predicted octanol–water partition coefficient (Wildman–Crippen LogP) is 2.52. The van der Waals surface area contributed by atoms with E-state index < -0.39 is 5.41 Å². The first kappa shape index (κ1) is 18.6. The van der Waals surface area contributed by atoms with Crippen molar-refractivity contribution < 1.29 is 24.1 Å². The van der Waals surface area contributed by atoms with Gasteiger partial charge in [-0.25, -0.2) is 0 Å². The molecule has 0 aromatic heterocycles. The Labute approximate surface area is 132 Å². The zero-order valence-electron chi connectivity index (χ0n) is 13.4. The molecule has 22 heavy (non-hydrogen) atoms. The zero-order valence-corrected chi connectivity index (χ0v) is 13.4. The molecule has 0 aliphatic carbocycles. The van der Waals surface area contributed by atoms with Crippen LogP contribution < -0.4 is 0 Å². The van der Waals surface area contributed by atoms with Crippen molar-refractivity contribution >= 4 is 5.97 Å². The Hall–Kier alpha value is -1.43. The zero-order chi connectivity index (χ0) is 16.3. The molecule has 0 spiro atoms. The molecule has 0 aliphatic heterocycles. The average Bonchev–Trinajstić information content (AvgIpc) is 2.56. The van der Waals surface area contributed by atoms with Crippen LogP contribution in [0.1, 0.15) is 32.3 Å². The van der Waals surface area contributed by atoms with Gasteiger partial charge in [-0.05, 0) is 25.3 Å². The molecule has 0 amide bonds. The van der Waals surface area contributed by atoms with E-state index in [2.05, 4.69) is 0 Å². The van der Waals surface area contributed by atoms with Crippen molar-refractivity contribution in [2.24, 2.45) is 5.41 Å². The molecule has 1 rings (SSSR count). The van der Waals surface area contributed by atoms with Crippen LogP contribution in [0, 0.1) is 5.41 Å². The molecule has 0 bridgehead atoms. The number of aliphatic hydroxyl groups is 1. The summed E-state index contributed by atoms with van der Waals surface area (Å²) in [5.74, 6) is -0.269. The number of ether oxygens (including phenoxy) is 3. The lowest BCUT2D eigenvalue weighted by atomic mass is 9.89. The van der Waals surface area contributed by atoms with Crippen molar-refractivity contribution in [1.82, 2.24) is 0 Å². The first-order valence-electron chi connectivity index (χ1n) is 7.60. The molecule has 5 heteroatoms. The lowest BCUT2D eigenvalue weighted by molar-refractivity contribution is -0.164. The summed E-state index contributed by atoms with van der Waals surface area (Å²) in [5, 5.41) is 8.63. The van der Waals surface area contributed by atoms with Gasteiger partial charge >= 0.3 is 5.97 Å². The van der Waals surface area contributed by atoms with E-state index in [1.807, 2.05) is 44.2 Å². The molecule has 1 atom stereocenters. The van der Waals surface area contributed by atoms with Crippen LogP contribution in [-0.4, -0.2) is 37.7 Å². The van der Waals surface area contributed by atoms with Crippen LogP contribution in [-0.2, 0) is 25.6 Å². The van der Waals surface area contributed by atoms with Crippen molar-refractivity contribution in [3.63, 3.8) is 0 Å². The van der Waals surface area contributed by atoms with Crippen LogP contribution in [0.5, 0.6) is 0 Å². The SMILES string of the molecule is CCC(C)(COCOCCCO)C(=O)OCc1ccccc1. The number of esters is 1. The maximum absolute atomic E-state index is 12.3. The summed E-state index contributed by atoms with van der Waals surface area (Å²) in [7, 11) is 0. The average molecular weight is 310 g/mol. The summed E-state index contributed by atoms with van der Waals surface area (Å²) >= 11 is 0. The van der Waals surface area contributed by atoms with Gasteiger partial charge in [0, 0.05) is 6.61 Å². The Morgan fingerprint density at radius 1 is 1.23 bits per heavy atom. The van der Waals surface area contributed by atoms with Gasteiger partial charge in [0.2, 0.25) is 0 Å². The lowest BCUT2D eigenvalue weighted by Gasteiger charge is -2.25. The normalized spacial score (nSPS) is 13.6. The Kier molecular flexibility index (Phi) is 8.74. The molecule has 1 aromatic rings. The quantitative estimate of drug-likeness (QED) is 0.386. The monoisotopic (exact) mass is 310 g/mol. The van der Waals surface area contributed by atoms with Crippen molar-refractivity contribution in [1.29, 1.82) is 0 Å². The number of hydrogen-bond acceptors (Lipinski definition) is 5. The summed E-state index contributed by atoms with van der Waals surface area (Å²) in [6.07, 6.45) is 1.20. The summed E-state index contributed by atoms with van der Waals surface area (Å²) < 4.78 is 16.0. The highest BCUT2D eigenvalue weighted by Crippen LogP contribution is 2.24. The van der Waals surface area contributed by atoms with E-state index in [1.165, 1.54) is 0 Å². The number of rotatable bonds is 11. The second kappa shape index (κ2) is 10.3. The van der Waals surface area contributed by atoms with Crippen LogP contribution in [0.4, 0.5) is 0 Å². The number of carbonyl (C=O) groups is 1. The summed E-state index contributed by atoms with van der Waals surface area (Å²) in [6, 6.07) is 9.58. The Morgan fingerprint density at radius 3 is 2.59 bits per heavy atom. The second-order valence-electron chi connectivity index (χ2n) is 5.43. The minimum Gasteiger partial charge on any atom is -0.460 e. The minimum absolute atomic E-state index is 0.0957. The third-order valence-electron chi connectivity index (χ3n) is 3.52. The first-order valence-corrected chi connectivity index (χ1v) is 7.60. The number of benzene rings is 1. The summed E-state index contributed by atoms with van der Waals surface area (Å²) in [6.45, 7) is 4.92.